The van der Waals surface area contributed by atoms with Gasteiger partial charge in [-0.2, -0.15) is 0 Å². The number of nitrogens with one attached hydrogen (secondary N) is 1. The lowest BCUT2D eigenvalue weighted by molar-refractivity contribution is -0.140. The lowest BCUT2D eigenvalue weighted by Crippen LogP contribution is -2.51. The number of anilines is 1. The van der Waals surface area contributed by atoms with Crippen molar-refractivity contribution in [3.8, 4) is 5.75 Å². The topological polar surface area (TPSA) is 96.0 Å². The molecule has 0 aliphatic heterocycles. The van der Waals surface area contributed by atoms with Gasteiger partial charge in [0, 0.05) is 13.6 Å². The highest BCUT2D eigenvalue weighted by molar-refractivity contribution is 7.92. The molecule has 0 heterocycles. The van der Waals surface area contributed by atoms with Crippen LogP contribution in [0.2, 0.25) is 0 Å². The summed E-state index contributed by atoms with van der Waals surface area (Å²) in [7, 11) is -0.865. The van der Waals surface area contributed by atoms with Crippen LogP contribution in [0, 0.1) is 0 Å². The van der Waals surface area contributed by atoms with E-state index in [2.05, 4.69) is 5.32 Å². The maximum atomic E-state index is 13.4. The van der Waals surface area contributed by atoms with Crippen LogP contribution in [0.15, 0.2) is 54.6 Å². The van der Waals surface area contributed by atoms with Crippen molar-refractivity contribution >= 4 is 27.5 Å². The molecule has 2 amide bonds. The standard InChI is InChI=1S/C22H29N3O5S/c1-5-18(22(27)23-2)24(15-17-11-7-6-8-12-17)21(26)16-25(31(4,28)29)19-13-9-10-14-20(19)30-3/h6-14,18H,5,15-16H2,1-4H3,(H,23,27). The fourth-order valence-electron chi connectivity index (χ4n) is 3.30. The monoisotopic (exact) mass is 447 g/mol. The van der Waals surface area contributed by atoms with Gasteiger partial charge in [-0.25, -0.2) is 8.42 Å². The second-order valence-corrected chi connectivity index (χ2v) is 8.89. The van der Waals surface area contributed by atoms with E-state index in [0.717, 1.165) is 16.1 Å². The van der Waals surface area contributed by atoms with Gasteiger partial charge in [-0.1, -0.05) is 49.4 Å². The summed E-state index contributed by atoms with van der Waals surface area (Å²) in [6.45, 7) is 1.52. The van der Waals surface area contributed by atoms with Gasteiger partial charge in [0.05, 0.1) is 19.1 Å². The molecule has 2 rings (SSSR count). The lowest BCUT2D eigenvalue weighted by atomic mass is 10.1. The Morgan fingerprint density at radius 2 is 1.68 bits per heavy atom. The molecular formula is C22H29N3O5S. The molecule has 1 N–H and O–H groups in total. The van der Waals surface area contributed by atoms with Crippen molar-refractivity contribution in [3.05, 3.63) is 60.2 Å². The highest BCUT2D eigenvalue weighted by Crippen LogP contribution is 2.29. The Kier molecular flexibility index (Phi) is 8.44. The van der Waals surface area contributed by atoms with Crippen LogP contribution in [0.1, 0.15) is 18.9 Å². The van der Waals surface area contributed by atoms with Crippen LogP contribution in [0.25, 0.3) is 0 Å². The molecule has 0 saturated carbocycles. The van der Waals surface area contributed by atoms with Crippen LogP contribution in [0.5, 0.6) is 5.75 Å². The van der Waals surface area contributed by atoms with Crippen molar-refractivity contribution in [3.63, 3.8) is 0 Å². The quantitative estimate of drug-likeness (QED) is 0.601. The predicted octanol–water partition coefficient (Wildman–Crippen LogP) is 2.01. The summed E-state index contributed by atoms with van der Waals surface area (Å²) in [5.74, 6) is -0.473. The summed E-state index contributed by atoms with van der Waals surface area (Å²) in [4.78, 5) is 27.3. The molecule has 2 aromatic carbocycles. The molecular weight excluding hydrogens is 418 g/mol. The van der Waals surface area contributed by atoms with Gasteiger partial charge in [-0.3, -0.25) is 13.9 Å². The van der Waals surface area contributed by atoms with E-state index in [9.17, 15) is 18.0 Å². The number of likely N-dealkylation sites (N-methyl/N-ethyl adjacent to an activating group) is 1. The molecule has 0 aliphatic rings. The van der Waals surface area contributed by atoms with Crippen LogP contribution >= 0.6 is 0 Å². The number of amides is 2. The van der Waals surface area contributed by atoms with Gasteiger partial charge in [-0.05, 0) is 24.1 Å². The van der Waals surface area contributed by atoms with Crippen molar-refractivity contribution < 1.29 is 22.7 Å². The number of carbonyl (C=O) groups excluding carboxylic acids is 2. The zero-order valence-electron chi connectivity index (χ0n) is 18.2. The van der Waals surface area contributed by atoms with Crippen LogP contribution in [-0.2, 0) is 26.2 Å². The normalized spacial score (nSPS) is 12.0. The summed E-state index contributed by atoms with van der Waals surface area (Å²) >= 11 is 0. The smallest absolute Gasteiger partial charge is 0.244 e. The van der Waals surface area contributed by atoms with Gasteiger partial charge in [0.2, 0.25) is 21.8 Å². The highest BCUT2D eigenvalue weighted by Gasteiger charge is 2.32. The summed E-state index contributed by atoms with van der Waals surface area (Å²) in [6, 6.07) is 15.1. The van der Waals surface area contributed by atoms with E-state index < -0.39 is 28.5 Å². The maximum absolute atomic E-state index is 13.4. The minimum atomic E-state index is -3.80. The molecule has 0 radical (unpaired) electrons. The van der Waals surface area contributed by atoms with Gasteiger partial charge < -0.3 is 15.0 Å². The van der Waals surface area contributed by atoms with Crippen molar-refractivity contribution in [1.82, 2.24) is 10.2 Å². The number of hydrogen-bond acceptors (Lipinski definition) is 5. The van der Waals surface area contributed by atoms with Gasteiger partial charge in [-0.15, -0.1) is 0 Å². The van der Waals surface area contributed by atoms with Crippen molar-refractivity contribution in [2.24, 2.45) is 0 Å². The molecule has 9 heteroatoms. The average molecular weight is 448 g/mol. The Morgan fingerprint density at radius 1 is 1.06 bits per heavy atom. The summed E-state index contributed by atoms with van der Waals surface area (Å²) < 4.78 is 31.4. The van der Waals surface area contributed by atoms with Crippen molar-refractivity contribution in [2.75, 3.05) is 31.3 Å². The van der Waals surface area contributed by atoms with E-state index in [1.807, 2.05) is 30.3 Å². The van der Waals surface area contributed by atoms with Crippen molar-refractivity contribution in [2.45, 2.75) is 25.9 Å². The van der Waals surface area contributed by atoms with Crippen molar-refractivity contribution in [1.29, 1.82) is 0 Å². The van der Waals surface area contributed by atoms with E-state index in [-0.39, 0.29) is 18.1 Å². The first-order valence-electron chi connectivity index (χ1n) is 9.88. The highest BCUT2D eigenvalue weighted by atomic mass is 32.2. The van der Waals surface area contributed by atoms with E-state index in [1.54, 1.807) is 31.2 Å². The second-order valence-electron chi connectivity index (χ2n) is 6.99. The number of hydrogen-bond donors (Lipinski definition) is 1. The number of methoxy groups -OCH3 is 1. The van der Waals surface area contributed by atoms with Crippen LogP contribution < -0.4 is 14.4 Å². The van der Waals surface area contributed by atoms with Crippen LogP contribution in [0.4, 0.5) is 5.69 Å². The molecule has 0 spiro atoms. The summed E-state index contributed by atoms with van der Waals surface area (Å²) in [5.41, 5.74) is 1.09. The minimum absolute atomic E-state index is 0.176. The largest absolute Gasteiger partial charge is 0.495 e. The maximum Gasteiger partial charge on any atom is 0.244 e. The molecule has 0 bridgehead atoms. The number of nitrogens with zero attached hydrogens (tertiary/aromatic N) is 2. The molecule has 2 aromatic rings. The third-order valence-electron chi connectivity index (χ3n) is 4.86. The zero-order valence-corrected chi connectivity index (χ0v) is 19.1. The van der Waals surface area contributed by atoms with Gasteiger partial charge in [0.15, 0.2) is 0 Å². The zero-order chi connectivity index (χ0) is 23.0. The fraction of sp³-hybridized carbons (Fsp3) is 0.364. The van der Waals surface area contributed by atoms with E-state index >= 15 is 0 Å². The number of rotatable bonds is 10. The van der Waals surface area contributed by atoms with Gasteiger partial charge in [0.1, 0.15) is 18.3 Å². The molecule has 0 fully saturated rings. The number of para-hydroxylation sites is 2. The summed E-state index contributed by atoms with van der Waals surface area (Å²) in [5, 5.41) is 2.59. The van der Waals surface area contributed by atoms with E-state index in [1.165, 1.54) is 19.1 Å². The Balaban J connectivity index is 2.44. The number of sulfonamides is 1. The fourth-order valence-corrected chi connectivity index (χ4v) is 4.15. The third kappa shape index (κ3) is 6.21. The van der Waals surface area contributed by atoms with Gasteiger partial charge in [0.25, 0.3) is 0 Å². The van der Waals surface area contributed by atoms with Crippen LogP contribution in [0.3, 0.4) is 0 Å². The number of benzene rings is 2. The molecule has 0 saturated heterocycles. The van der Waals surface area contributed by atoms with Gasteiger partial charge >= 0.3 is 0 Å². The average Bonchev–Trinajstić information content (AvgIpc) is 2.76. The molecule has 31 heavy (non-hydrogen) atoms. The Labute approximate surface area is 183 Å². The van der Waals surface area contributed by atoms with Crippen LogP contribution in [-0.4, -0.2) is 58.1 Å². The molecule has 8 nitrogen and oxygen atoms in total. The SMILES string of the molecule is CCC(C(=O)NC)N(Cc1ccccc1)C(=O)CN(c1ccccc1OC)S(C)(=O)=O. The first kappa shape index (κ1) is 24.2. The van der Waals surface area contributed by atoms with E-state index in [4.69, 9.17) is 4.74 Å². The minimum Gasteiger partial charge on any atom is -0.495 e. The Bertz CT molecular complexity index is 995. The molecule has 0 aliphatic carbocycles. The first-order chi connectivity index (χ1) is 14.7. The molecule has 0 aromatic heterocycles. The first-order valence-corrected chi connectivity index (χ1v) is 11.7. The Morgan fingerprint density at radius 3 is 2.23 bits per heavy atom. The van der Waals surface area contributed by atoms with E-state index in [0.29, 0.717) is 12.2 Å². The Hall–Kier alpha value is -3.07. The predicted molar refractivity (Wildman–Crippen MR) is 120 cm³/mol. The third-order valence-corrected chi connectivity index (χ3v) is 5.99. The number of ether oxygens (including phenoxy) is 1. The molecule has 1 unspecified atom stereocenters. The lowest BCUT2D eigenvalue weighted by Gasteiger charge is -2.32. The summed E-state index contributed by atoms with van der Waals surface area (Å²) in [6.07, 6.45) is 1.41. The molecule has 1 atom stereocenters. The number of carbonyl (C=O) groups is 2. The second kappa shape index (κ2) is 10.8. The molecule has 168 valence electrons.